The summed E-state index contributed by atoms with van der Waals surface area (Å²) in [7, 11) is 0. The maximum absolute atomic E-state index is 12.4. The Bertz CT molecular complexity index is 671. The van der Waals surface area contributed by atoms with E-state index < -0.39 is 0 Å². The Morgan fingerprint density at radius 3 is 2.92 bits per heavy atom. The van der Waals surface area contributed by atoms with Crippen molar-refractivity contribution < 1.29 is 9.53 Å². The number of rotatable bonds is 7. The first-order chi connectivity index (χ1) is 12.2. The summed E-state index contributed by atoms with van der Waals surface area (Å²) >= 11 is 0. The van der Waals surface area contributed by atoms with Crippen LogP contribution in [0.4, 0.5) is 0 Å². The Hall–Kier alpha value is -2.21. The summed E-state index contributed by atoms with van der Waals surface area (Å²) in [4.78, 5) is 18.6. The van der Waals surface area contributed by atoms with Crippen LogP contribution in [0.2, 0.25) is 0 Å². The zero-order valence-corrected chi connectivity index (χ0v) is 14.8. The lowest BCUT2D eigenvalue weighted by molar-refractivity contribution is -0.139. The summed E-state index contributed by atoms with van der Waals surface area (Å²) in [6.07, 6.45) is 4.30. The van der Waals surface area contributed by atoms with Gasteiger partial charge in [-0.2, -0.15) is 5.10 Å². The van der Waals surface area contributed by atoms with E-state index in [4.69, 9.17) is 4.74 Å². The monoisotopic (exact) mass is 342 g/mol. The fourth-order valence-electron chi connectivity index (χ4n) is 3.18. The number of nitrogens with zero attached hydrogens (tertiary/aromatic N) is 3. The normalized spacial score (nSPS) is 17.6. The third-order valence-electron chi connectivity index (χ3n) is 4.53. The summed E-state index contributed by atoms with van der Waals surface area (Å²) in [5, 5.41) is 6.90. The minimum Gasteiger partial charge on any atom is -0.375 e. The van der Waals surface area contributed by atoms with Crippen LogP contribution in [-0.4, -0.2) is 51.8 Å². The second kappa shape index (κ2) is 8.76. The van der Waals surface area contributed by atoms with Crippen molar-refractivity contribution in [3.8, 4) is 0 Å². The Balaban J connectivity index is 1.40. The molecule has 1 unspecified atom stereocenters. The van der Waals surface area contributed by atoms with Crippen molar-refractivity contribution in [2.75, 3.05) is 19.7 Å². The lowest BCUT2D eigenvalue weighted by Crippen LogP contribution is -2.45. The van der Waals surface area contributed by atoms with Crippen molar-refractivity contribution in [1.29, 1.82) is 0 Å². The van der Waals surface area contributed by atoms with Crippen LogP contribution in [0.25, 0.3) is 0 Å². The van der Waals surface area contributed by atoms with Crippen LogP contribution in [0.1, 0.15) is 36.5 Å². The van der Waals surface area contributed by atoms with Gasteiger partial charge in [-0.3, -0.25) is 9.89 Å². The number of morpholine rings is 1. The zero-order chi connectivity index (χ0) is 17.5. The van der Waals surface area contributed by atoms with E-state index in [-0.39, 0.29) is 12.0 Å². The number of nitrogens with one attached hydrogen (secondary N) is 1. The van der Waals surface area contributed by atoms with Crippen LogP contribution in [0, 0.1) is 6.92 Å². The number of carbonyl (C=O) groups excluding carboxylic acids is 1. The van der Waals surface area contributed by atoms with Gasteiger partial charge in [0.1, 0.15) is 5.82 Å². The highest BCUT2D eigenvalue weighted by atomic mass is 16.5. The molecule has 1 N–H and O–H groups in total. The topological polar surface area (TPSA) is 71.1 Å². The van der Waals surface area contributed by atoms with Crippen LogP contribution < -0.4 is 0 Å². The number of carbonyl (C=O) groups is 1. The van der Waals surface area contributed by atoms with Crippen molar-refractivity contribution >= 4 is 5.91 Å². The number of hydrogen-bond donors (Lipinski definition) is 1. The number of hydrogen-bond acceptors (Lipinski definition) is 4. The van der Waals surface area contributed by atoms with Crippen molar-refractivity contribution in [1.82, 2.24) is 20.1 Å². The molecule has 1 atom stereocenters. The number of aromatic nitrogens is 3. The van der Waals surface area contributed by atoms with Crippen molar-refractivity contribution in [3.05, 3.63) is 47.5 Å². The first-order valence-corrected chi connectivity index (χ1v) is 9.02. The van der Waals surface area contributed by atoms with Gasteiger partial charge in [-0.1, -0.05) is 30.3 Å². The fraction of sp³-hybridized carbons (Fsp3) is 0.526. The van der Waals surface area contributed by atoms with Crippen LogP contribution >= 0.6 is 0 Å². The first-order valence-electron chi connectivity index (χ1n) is 9.02. The first kappa shape index (κ1) is 17.6. The smallest absolute Gasteiger partial charge is 0.223 e. The van der Waals surface area contributed by atoms with Crippen LogP contribution in [0.3, 0.4) is 0 Å². The number of amides is 1. The molecule has 0 bridgehead atoms. The maximum atomic E-state index is 12.4. The quantitative estimate of drug-likeness (QED) is 0.838. The summed E-state index contributed by atoms with van der Waals surface area (Å²) in [6.45, 7) is 3.86. The standard InChI is InChI=1S/C19H26N4O2/c1-15-20-18(22-21-15)10-11-19(24)23-12-13-25-17(14-23)9-5-8-16-6-3-2-4-7-16/h2-4,6-7,17H,5,8-14H2,1H3,(H,20,21,22). The largest absolute Gasteiger partial charge is 0.375 e. The zero-order valence-electron chi connectivity index (χ0n) is 14.8. The molecule has 1 fully saturated rings. The van der Waals surface area contributed by atoms with Gasteiger partial charge in [-0.25, -0.2) is 4.98 Å². The van der Waals surface area contributed by atoms with Crippen LogP contribution in [0.15, 0.2) is 30.3 Å². The van der Waals surface area contributed by atoms with E-state index in [0.29, 0.717) is 38.4 Å². The third-order valence-corrected chi connectivity index (χ3v) is 4.53. The highest BCUT2D eigenvalue weighted by Crippen LogP contribution is 2.14. The Kier molecular flexibility index (Phi) is 6.17. The number of benzene rings is 1. The predicted molar refractivity (Wildman–Crippen MR) is 95.1 cm³/mol. The van der Waals surface area contributed by atoms with E-state index in [2.05, 4.69) is 39.4 Å². The molecule has 1 aliphatic heterocycles. The van der Waals surface area contributed by atoms with E-state index in [1.165, 1.54) is 5.56 Å². The minimum absolute atomic E-state index is 0.146. The molecular weight excluding hydrogens is 316 g/mol. The van der Waals surface area contributed by atoms with Gasteiger partial charge >= 0.3 is 0 Å². The minimum atomic E-state index is 0.146. The SMILES string of the molecule is Cc1nc(CCC(=O)N2CCOC(CCCc3ccccc3)C2)n[nH]1. The van der Waals surface area contributed by atoms with Gasteiger partial charge in [0, 0.05) is 25.9 Å². The molecule has 3 rings (SSSR count). The van der Waals surface area contributed by atoms with E-state index >= 15 is 0 Å². The maximum Gasteiger partial charge on any atom is 0.223 e. The van der Waals surface area contributed by atoms with Crippen molar-refractivity contribution in [2.24, 2.45) is 0 Å². The van der Waals surface area contributed by atoms with E-state index in [1.807, 2.05) is 17.9 Å². The molecular formula is C19H26N4O2. The van der Waals surface area contributed by atoms with Crippen molar-refractivity contribution in [3.63, 3.8) is 0 Å². The van der Waals surface area contributed by atoms with Crippen LogP contribution in [0.5, 0.6) is 0 Å². The number of H-pyrrole nitrogens is 1. The van der Waals surface area contributed by atoms with Gasteiger partial charge < -0.3 is 9.64 Å². The van der Waals surface area contributed by atoms with E-state index in [1.54, 1.807) is 0 Å². The number of aryl methyl sites for hydroxylation is 3. The Morgan fingerprint density at radius 2 is 2.16 bits per heavy atom. The molecule has 6 heteroatoms. The summed E-state index contributed by atoms with van der Waals surface area (Å²) in [5.74, 6) is 1.66. The molecule has 1 saturated heterocycles. The molecule has 1 amide bonds. The van der Waals surface area contributed by atoms with Crippen LogP contribution in [-0.2, 0) is 22.4 Å². The summed E-state index contributed by atoms with van der Waals surface area (Å²) < 4.78 is 5.84. The third kappa shape index (κ3) is 5.39. The van der Waals surface area contributed by atoms with Gasteiger partial charge in [-0.05, 0) is 31.7 Å². The average Bonchev–Trinajstić information content (AvgIpc) is 3.06. The van der Waals surface area contributed by atoms with Crippen molar-refractivity contribution in [2.45, 2.75) is 45.1 Å². The molecule has 0 saturated carbocycles. The van der Waals surface area contributed by atoms with Gasteiger partial charge in [0.2, 0.25) is 5.91 Å². The average molecular weight is 342 g/mol. The highest BCUT2D eigenvalue weighted by Gasteiger charge is 2.23. The van der Waals surface area contributed by atoms with Gasteiger partial charge in [0.15, 0.2) is 5.82 Å². The Labute approximate surface area is 148 Å². The molecule has 2 heterocycles. The lowest BCUT2D eigenvalue weighted by atomic mass is 10.0. The summed E-state index contributed by atoms with van der Waals surface area (Å²) in [5.41, 5.74) is 1.35. The molecule has 6 nitrogen and oxygen atoms in total. The number of ether oxygens (including phenoxy) is 1. The second-order valence-electron chi connectivity index (χ2n) is 6.55. The molecule has 0 aliphatic carbocycles. The van der Waals surface area contributed by atoms with E-state index in [0.717, 1.165) is 25.1 Å². The Morgan fingerprint density at radius 1 is 1.32 bits per heavy atom. The van der Waals surface area contributed by atoms with Gasteiger partial charge in [0.05, 0.1) is 12.7 Å². The molecule has 25 heavy (non-hydrogen) atoms. The fourth-order valence-corrected chi connectivity index (χ4v) is 3.18. The van der Waals surface area contributed by atoms with Gasteiger partial charge in [0.25, 0.3) is 0 Å². The van der Waals surface area contributed by atoms with E-state index in [9.17, 15) is 4.79 Å². The highest BCUT2D eigenvalue weighted by molar-refractivity contribution is 5.76. The molecule has 1 aliphatic rings. The summed E-state index contributed by atoms with van der Waals surface area (Å²) in [6, 6.07) is 10.5. The molecule has 134 valence electrons. The number of aromatic amines is 1. The van der Waals surface area contributed by atoms with Gasteiger partial charge in [-0.15, -0.1) is 0 Å². The molecule has 0 radical (unpaired) electrons. The molecule has 2 aromatic rings. The second-order valence-corrected chi connectivity index (χ2v) is 6.55. The lowest BCUT2D eigenvalue weighted by Gasteiger charge is -2.33. The molecule has 1 aromatic heterocycles. The molecule has 1 aromatic carbocycles. The molecule has 0 spiro atoms. The predicted octanol–water partition coefficient (Wildman–Crippen LogP) is 2.30.